The Balaban J connectivity index is 1.25. The number of aromatic nitrogens is 1. The Morgan fingerprint density at radius 3 is 2.58 bits per heavy atom. The van der Waals surface area contributed by atoms with Crippen LogP contribution in [0.5, 0.6) is 0 Å². The number of amides is 1. The molecule has 5 heterocycles. The predicted octanol–water partition coefficient (Wildman–Crippen LogP) is 5.89. The Morgan fingerprint density at radius 2 is 1.87 bits per heavy atom. The summed E-state index contributed by atoms with van der Waals surface area (Å²) in [7, 11) is -3.49. The second kappa shape index (κ2) is 10.4. The van der Waals surface area contributed by atoms with Gasteiger partial charge in [0.15, 0.2) is 0 Å². The topological polar surface area (TPSA) is 82.6 Å². The maximum atomic E-state index is 13.5. The fraction of sp³-hybridized carbons (Fsp3) is 0.407. The minimum atomic E-state index is -3.49. The third-order valence-corrected chi connectivity index (χ3v) is 12.9. The number of fused-ring (bicyclic) bond motifs is 2. The van der Waals surface area contributed by atoms with Crippen molar-refractivity contribution >= 4 is 65.2 Å². The SMILES string of the molecule is CC(C)N1CCc2c(sc(NC(=O)C3CCN(S(=O)(=O)c4cccs4)CC3)c2-c2nc3ccccc3s2)C1. The third-order valence-electron chi connectivity index (χ3n) is 7.48. The fourth-order valence-electron chi connectivity index (χ4n) is 5.27. The molecule has 2 aliphatic rings. The summed E-state index contributed by atoms with van der Waals surface area (Å²) in [4.78, 5) is 22.2. The van der Waals surface area contributed by atoms with Gasteiger partial charge in [-0.05, 0) is 62.3 Å². The van der Waals surface area contributed by atoms with Gasteiger partial charge >= 0.3 is 0 Å². The number of thiazole rings is 1. The molecule has 0 atom stereocenters. The van der Waals surface area contributed by atoms with Crippen LogP contribution in [0.3, 0.4) is 0 Å². The maximum absolute atomic E-state index is 13.5. The summed E-state index contributed by atoms with van der Waals surface area (Å²) in [5, 5.41) is 6.87. The Kier molecular flexibility index (Phi) is 7.17. The lowest BCUT2D eigenvalue weighted by atomic mass is 9.97. The summed E-state index contributed by atoms with van der Waals surface area (Å²) in [6.07, 6.45) is 1.96. The number of carbonyl (C=O) groups excluding carboxylic acids is 1. The van der Waals surface area contributed by atoms with Gasteiger partial charge < -0.3 is 5.32 Å². The zero-order chi connectivity index (χ0) is 26.4. The van der Waals surface area contributed by atoms with Gasteiger partial charge in [0, 0.05) is 48.6 Å². The molecule has 1 amide bonds. The Bertz CT molecular complexity index is 1530. The molecule has 1 saturated heterocycles. The molecule has 0 radical (unpaired) electrons. The summed E-state index contributed by atoms with van der Waals surface area (Å²) in [6.45, 7) is 7.02. The van der Waals surface area contributed by atoms with Gasteiger partial charge in [-0.2, -0.15) is 4.31 Å². The van der Waals surface area contributed by atoms with Crippen LogP contribution < -0.4 is 5.32 Å². The average Bonchev–Trinajstić information content (AvgIpc) is 3.66. The molecule has 2 aliphatic heterocycles. The van der Waals surface area contributed by atoms with E-state index in [0.29, 0.717) is 36.2 Å². The molecule has 11 heteroatoms. The first-order valence-electron chi connectivity index (χ1n) is 12.9. The molecule has 4 aromatic rings. The van der Waals surface area contributed by atoms with Crippen LogP contribution >= 0.6 is 34.0 Å². The van der Waals surface area contributed by atoms with E-state index in [1.54, 1.807) is 40.2 Å². The standard InChI is InChI=1S/C27H30N4O3S4/c1-17(2)30-12-11-19-22(16-30)37-27(24(19)26-28-20-6-3-4-7-21(20)36-26)29-25(32)18-9-13-31(14-10-18)38(33,34)23-8-5-15-35-23/h3-8,15,17-18H,9-14,16H2,1-2H3,(H,29,32). The van der Waals surface area contributed by atoms with E-state index >= 15 is 0 Å². The minimum Gasteiger partial charge on any atom is -0.317 e. The normalized spacial score (nSPS) is 17.8. The van der Waals surface area contributed by atoms with Crippen molar-refractivity contribution in [3.8, 4) is 10.6 Å². The number of benzene rings is 1. The number of thiophene rings is 2. The van der Waals surface area contributed by atoms with E-state index in [-0.39, 0.29) is 11.8 Å². The molecule has 0 saturated carbocycles. The summed E-state index contributed by atoms with van der Waals surface area (Å²) in [6, 6.07) is 12.0. The molecule has 0 unspecified atom stereocenters. The smallest absolute Gasteiger partial charge is 0.252 e. The van der Waals surface area contributed by atoms with Crippen molar-refractivity contribution in [2.24, 2.45) is 5.92 Å². The Hall–Kier alpha value is -2.15. The number of carbonyl (C=O) groups is 1. The van der Waals surface area contributed by atoms with Crippen LogP contribution in [-0.4, -0.2) is 54.2 Å². The Labute approximate surface area is 235 Å². The highest BCUT2D eigenvalue weighted by Crippen LogP contribution is 2.46. The van der Waals surface area contributed by atoms with Crippen molar-refractivity contribution in [2.45, 2.75) is 49.9 Å². The summed E-state index contributed by atoms with van der Waals surface area (Å²) in [5.74, 6) is -0.251. The van der Waals surface area contributed by atoms with E-state index < -0.39 is 10.0 Å². The van der Waals surface area contributed by atoms with Crippen molar-refractivity contribution in [1.82, 2.24) is 14.2 Å². The molecule has 0 aliphatic carbocycles. The quantitative estimate of drug-likeness (QED) is 0.305. The van der Waals surface area contributed by atoms with Crippen LogP contribution in [0.25, 0.3) is 20.8 Å². The van der Waals surface area contributed by atoms with Gasteiger partial charge in [0.1, 0.15) is 14.2 Å². The van der Waals surface area contributed by atoms with Crippen molar-refractivity contribution in [3.05, 3.63) is 52.2 Å². The largest absolute Gasteiger partial charge is 0.317 e. The first-order valence-corrected chi connectivity index (χ1v) is 16.9. The molecule has 200 valence electrons. The molecule has 1 aromatic carbocycles. The lowest BCUT2D eigenvalue weighted by Crippen LogP contribution is -2.41. The van der Waals surface area contributed by atoms with E-state index in [1.165, 1.54) is 26.1 Å². The molecular weight excluding hydrogens is 557 g/mol. The van der Waals surface area contributed by atoms with E-state index in [4.69, 9.17) is 4.98 Å². The van der Waals surface area contributed by atoms with E-state index in [1.807, 2.05) is 18.2 Å². The van der Waals surface area contributed by atoms with Crippen molar-refractivity contribution in [2.75, 3.05) is 25.0 Å². The molecule has 1 N–H and O–H groups in total. The third kappa shape index (κ3) is 4.84. The van der Waals surface area contributed by atoms with Gasteiger partial charge in [0.05, 0.1) is 10.2 Å². The van der Waals surface area contributed by atoms with Crippen LogP contribution in [0, 0.1) is 5.92 Å². The summed E-state index contributed by atoms with van der Waals surface area (Å²) in [5.41, 5.74) is 3.35. The molecule has 7 nitrogen and oxygen atoms in total. The second-order valence-corrected chi connectivity index (χ2v) is 15.4. The van der Waals surface area contributed by atoms with Crippen LogP contribution in [0.15, 0.2) is 46.0 Å². The minimum absolute atomic E-state index is 0.0279. The molecule has 0 spiro atoms. The van der Waals surface area contributed by atoms with E-state index in [9.17, 15) is 13.2 Å². The number of anilines is 1. The Morgan fingerprint density at radius 1 is 1.08 bits per heavy atom. The number of nitrogens with one attached hydrogen (secondary N) is 1. The van der Waals surface area contributed by atoms with Crippen molar-refractivity contribution in [3.63, 3.8) is 0 Å². The lowest BCUT2D eigenvalue weighted by molar-refractivity contribution is -0.120. The molecule has 38 heavy (non-hydrogen) atoms. The molecular formula is C27H30N4O3S4. The highest BCUT2D eigenvalue weighted by molar-refractivity contribution is 7.91. The van der Waals surface area contributed by atoms with Crippen molar-refractivity contribution < 1.29 is 13.2 Å². The van der Waals surface area contributed by atoms with Crippen LogP contribution in [-0.2, 0) is 27.8 Å². The number of rotatable bonds is 6. The first kappa shape index (κ1) is 26.1. The number of para-hydroxylation sites is 1. The maximum Gasteiger partial charge on any atom is 0.252 e. The number of sulfonamides is 1. The number of nitrogens with zero attached hydrogens (tertiary/aromatic N) is 3. The van der Waals surface area contributed by atoms with Gasteiger partial charge in [-0.15, -0.1) is 34.0 Å². The van der Waals surface area contributed by atoms with E-state index in [0.717, 1.165) is 45.3 Å². The van der Waals surface area contributed by atoms with Gasteiger partial charge in [-0.25, -0.2) is 13.4 Å². The zero-order valence-corrected chi connectivity index (χ0v) is 24.6. The number of piperidine rings is 1. The van der Waals surface area contributed by atoms with Crippen LogP contribution in [0.2, 0.25) is 0 Å². The van der Waals surface area contributed by atoms with Crippen molar-refractivity contribution in [1.29, 1.82) is 0 Å². The predicted molar refractivity (Wildman–Crippen MR) is 157 cm³/mol. The fourth-order valence-corrected chi connectivity index (χ4v) is 10.3. The molecule has 6 rings (SSSR count). The second-order valence-electron chi connectivity index (χ2n) is 10.1. The molecule has 3 aromatic heterocycles. The molecule has 0 bridgehead atoms. The first-order chi connectivity index (χ1) is 18.3. The van der Waals surface area contributed by atoms with E-state index in [2.05, 4.69) is 30.1 Å². The van der Waals surface area contributed by atoms with Gasteiger partial charge in [-0.3, -0.25) is 9.69 Å². The number of hydrogen-bond acceptors (Lipinski definition) is 8. The van der Waals surface area contributed by atoms with Crippen LogP contribution in [0.1, 0.15) is 37.1 Å². The van der Waals surface area contributed by atoms with Gasteiger partial charge in [0.2, 0.25) is 5.91 Å². The summed E-state index contributed by atoms with van der Waals surface area (Å²) >= 11 is 4.58. The summed E-state index contributed by atoms with van der Waals surface area (Å²) < 4.78 is 28.8. The highest BCUT2D eigenvalue weighted by atomic mass is 32.2. The van der Waals surface area contributed by atoms with Crippen LogP contribution in [0.4, 0.5) is 5.00 Å². The monoisotopic (exact) mass is 586 g/mol. The average molecular weight is 587 g/mol. The van der Waals surface area contributed by atoms with Gasteiger partial charge in [-0.1, -0.05) is 18.2 Å². The molecule has 1 fully saturated rings. The van der Waals surface area contributed by atoms with Gasteiger partial charge in [0.25, 0.3) is 10.0 Å². The highest BCUT2D eigenvalue weighted by Gasteiger charge is 2.34. The number of hydrogen-bond donors (Lipinski definition) is 1. The zero-order valence-electron chi connectivity index (χ0n) is 21.3. The lowest BCUT2D eigenvalue weighted by Gasteiger charge is -2.30.